The minimum absolute atomic E-state index is 0.169. The highest BCUT2D eigenvalue weighted by molar-refractivity contribution is 7.13. The normalized spacial score (nSPS) is 23.5. The lowest BCUT2D eigenvalue weighted by Gasteiger charge is -2.27. The number of piperidine rings is 1. The van der Waals surface area contributed by atoms with E-state index < -0.39 is 0 Å². The van der Waals surface area contributed by atoms with Crippen molar-refractivity contribution < 1.29 is 14.7 Å². The molecule has 2 bridgehead atoms. The van der Waals surface area contributed by atoms with Crippen LogP contribution in [0.3, 0.4) is 0 Å². The number of aromatic amines is 1. The molecule has 2 aromatic heterocycles. The summed E-state index contributed by atoms with van der Waals surface area (Å²) in [5, 5.41) is 18.1. The van der Waals surface area contributed by atoms with E-state index in [2.05, 4.69) is 27.1 Å². The Bertz CT molecular complexity index is 983. The van der Waals surface area contributed by atoms with Crippen LogP contribution in [0, 0.1) is 11.8 Å². The van der Waals surface area contributed by atoms with E-state index in [1.54, 1.807) is 17.5 Å². The van der Waals surface area contributed by atoms with E-state index in [0.29, 0.717) is 30.0 Å². The molecule has 2 N–H and O–H groups in total. The quantitative estimate of drug-likeness (QED) is 0.517. The maximum absolute atomic E-state index is 12.9. The zero-order valence-corrected chi connectivity index (χ0v) is 16.4. The summed E-state index contributed by atoms with van der Waals surface area (Å²) in [7, 11) is 2.20. The maximum Gasteiger partial charge on any atom is 0.290 e. The van der Waals surface area contributed by atoms with Crippen molar-refractivity contribution in [3.63, 3.8) is 0 Å². The molecule has 7 nitrogen and oxygen atoms in total. The van der Waals surface area contributed by atoms with E-state index >= 15 is 0 Å². The van der Waals surface area contributed by atoms with E-state index in [1.807, 2.05) is 23.6 Å². The van der Waals surface area contributed by atoms with Crippen molar-refractivity contribution in [1.29, 1.82) is 0 Å². The number of carboxylic acid groups (broad SMARTS) is 1. The fourth-order valence-corrected chi connectivity index (χ4v) is 5.23. The summed E-state index contributed by atoms with van der Waals surface area (Å²) in [6.07, 6.45) is 4.83. The SMILES string of the molecule is CN1CC2CC1CC2CC(=O)c1n[nH]c2ccc(-c3nccs3)cc12.O=CO. The lowest BCUT2D eigenvalue weighted by molar-refractivity contribution is -0.122. The van der Waals surface area contributed by atoms with Crippen LogP contribution in [0.25, 0.3) is 21.5 Å². The van der Waals surface area contributed by atoms with Crippen LogP contribution in [0.15, 0.2) is 29.8 Å². The van der Waals surface area contributed by atoms with E-state index in [9.17, 15) is 4.79 Å². The van der Waals surface area contributed by atoms with Crippen molar-refractivity contribution >= 4 is 34.5 Å². The molecule has 1 aliphatic heterocycles. The summed E-state index contributed by atoms with van der Waals surface area (Å²) in [5.41, 5.74) is 2.54. The topological polar surface area (TPSA) is 99.2 Å². The standard InChI is InChI=1S/C19H20N4OS.CH2O2/c1-23-10-13-7-14(23)6-12(13)9-17(24)18-15-8-11(19-20-4-5-25-19)2-3-16(15)21-22-18;2-1-3/h2-5,8,12-14H,6-7,9-10H2,1H3,(H,21,22);1H,(H,2,3). The summed E-state index contributed by atoms with van der Waals surface area (Å²) in [6.45, 7) is 0.887. The Kier molecular flexibility index (Phi) is 5.23. The van der Waals surface area contributed by atoms with Gasteiger partial charge in [-0.3, -0.25) is 14.7 Å². The van der Waals surface area contributed by atoms with Gasteiger partial charge >= 0.3 is 0 Å². The Morgan fingerprint density at radius 3 is 2.89 bits per heavy atom. The smallest absolute Gasteiger partial charge is 0.290 e. The number of carbonyl (C=O) groups excluding carboxylic acids is 1. The van der Waals surface area contributed by atoms with Crippen LogP contribution >= 0.6 is 11.3 Å². The van der Waals surface area contributed by atoms with Crippen LogP contribution in [0.4, 0.5) is 0 Å². The van der Waals surface area contributed by atoms with Gasteiger partial charge in [-0.05, 0) is 49.9 Å². The number of carbonyl (C=O) groups is 2. The number of nitrogens with zero attached hydrogens (tertiary/aromatic N) is 3. The van der Waals surface area contributed by atoms with Crippen molar-refractivity contribution in [3.8, 4) is 10.6 Å². The molecular formula is C20H22N4O3S. The van der Waals surface area contributed by atoms with Crippen molar-refractivity contribution in [2.24, 2.45) is 11.8 Å². The number of hydrogen-bond acceptors (Lipinski definition) is 6. The van der Waals surface area contributed by atoms with Crippen molar-refractivity contribution in [2.45, 2.75) is 25.3 Å². The van der Waals surface area contributed by atoms with Crippen molar-refractivity contribution in [1.82, 2.24) is 20.1 Å². The molecule has 3 atom stereocenters. The number of fused-ring (bicyclic) bond motifs is 3. The average Bonchev–Trinajstić information content (AvgIpc) is 3.45. The lowest BCUT2D eigenvalue weighted by atomic mass is 9.88. The summed E-state index contributed by atoms with van der Waals surface area (Å²) < 4.78 is 0. The third kappa shape index (κ3) is 3.45. The third-order valence-electron chi connectivity index (χ3n) is 5.92. The second kappa shape index (κ2) is 7.81. The molecule has 1 aromatic carbocycles. The predicted molar refractivity (Wildman–Crippen MR) is 107 cm³/mol. The summed E-state index contributed by atoms with van der Waals surface area (Å²) >= 11 is 1.60. The zero-order valence-electron chi connectivity index (χ0n) is 15.5. The second-order valence-corrected chi connectivity index (χ2v) is 8.38. The van der Waals surface area contributed by atoms with Gasteiger partial charge in [-0.1, -0.05) is 0 Å². The van der Waals surface area contributed by atoms with E-state index in [-0.39, 0.29) is 12.3 Å². The minimum Gasteiger partial charge on any atom is -0.483 e. The first-order valence-electron chi connectivity index (χ1n) is 9.30. The van der Waals surface area contributed by atoms with Crippen LogP contribution < -0.4 is 0 Å². The van der Waals surface area contributed by atoms with Gasteiger partial charge in [0.05, 0.1) is 5.52 Å². The first-order valence-corrected chi connectivity index (χ1v) is 10.2. The predicted octanol–water partition coefficient (Wildman–Crippen LogP) is 3.30. The molecule has 28 heavy (non-hydrogen) atoms. The van der Waals surface area contributed by atoms with Crippen LogP contribution in [0.5, 0.6) is 0 Å². The zero-order chi connectivity index (χ0) is 19.7. The molecule has 1 aliphatic carbocycles. The van der Waals surface area contributed by atoms with Gasteiger partial charge in [-0.25, -0.2) is 4.98 Å². The second-order valence-electron chi connectivity index (χ2n) is 7.49. The number of nitrogens with one attached hydrogen (secondary N) is 1. The molecule has 3 aromatic rings. The molecule has 3 unspecified atom stereocenters. The molecule has 0 amide bonds. The van der Waals surface area contributed by atoms with Gasteiger partial charge in [0, 0.05) is 41.5 Å². The number of hydrogen-bond donors (Lipinski definition) is 2. The molecule has 2 fully saturated rings. The highest BCUT2D eigenvalue weighted by Crippen LogP contribution is 2.43. The first-order chi connectivity index (χ1) is 13.6. The number of H-pyrrole nitrogens is 1. The minimum atomic E-state index is -0.250. The molecule has 1 saturated carbocycles. The monoisotopic (exact) mass is 398 g/mol. The maximum atomic E-state index is 12.9. The molecule has 0 spiro atoms. The van der Waals surface area contributed by atoms with Gasteiger partial charge in [0.1, 0.15) is 10.7 Å². The number of thiazole rings is 1. The number of aromatic nitrogens is 3. The largest absolute Gasteiger partial charge is 0.483 e. The molecule has 3 heterocycles. The number of benzene rings is 1. The molecule has 2 aliphatic rings. The molecule has 8 heteroatoms. The van der Waals surface area contributed by atoms with Crippen LogP contribution in [-0.2, 0) is 4.79 Å². The Balaban J connectivity index is 0.000000604. The third-order valence-corrected chi connectivity index (χ3v) is 6.74. The Morgan fingerprint density at radius 1 is 1.43 bits per heavy atom. The van der Waals surface area contributed by atoms with E-state index in [0.717, 1.165) is 34.4 Å². The van der Waals surface area contributed by atoms with Crippen LogP contribution in [0.1, 0.15) is 29.8 Å². The first kappa shape index (κ1) is 18.8. The van der Waals surface area contributed by atoms with E-state index in [1.165, 1.54) is 6.42 Å². The molecule has 1 saturated heterocycles. The van der Waals surface area contributed by atoms with Gasteiger partial charge < -0.3 is 10.0 Å². The fourth-order valence-electron chi connectivity index (χ4n) is 4.59. The highest BCUT2D eigenvalue weighted by Gasteiger charge is 2.43. The van der Waals surface area contributed by atoms with Gasteiger partial charge in [0.2, 0.25) is 0 Å². The summed E-state index contributed by atoms with van der Waals surface area (Å²) in [5.74, 6) is 1.36. The lowest BCUT2D eigenvalue weighted by Crippen LogP contribution is -2.32. The number of rotatable bonds is 4. The van der Waals surface area contributed by atoms with Gasteiger partial charge in [-0.15, -0.1) is 11.3 Å². The Morgan fingerprint density at radius 2 is 2.25 bits per heavy atom. The van der Waals surface area contributed by atoms with Gasteiger partial charge in [0.25, 0.3) is 6.47 Å². The summed E-state index contributed by atoms with van der Waals surface area (Å²) in [4.78, 5) is 28.1. The highest BCUT2D eigenvalue weighted by atomic mass is 32.1. The van der Waals surface area contributed by atoms with Crippen LogP contribution in [0.2, 0.25) is 0 Å². The Labute approximate surface area is 166 Å². The van der Waals surface area contributed by atoms with Crippen molar-refractivity contribution in [3.05, 3.63) is 35.5 Å². The Hall–Kier alpha value is -2.58. The van der Waals surface area contributed by atoms with Gasteiger partial charge in [-0.2, -0.15) is 5.10 Å². The van der Waals surface area contributed by atoms with Crippen LogP contribution in [-0.4, -0.2) is 57.1 Å². The average molecular weight is 398 g/mol. The molecule has 146 valence electrons. The number of ketones is 1. The van der Waals surface area contributed by atoms with E-state index in [4.69, 9.17) is 9.90 Å². The number of likely N-dealkylation sites (tertiary alicyclic amines) is 1. The molecule has 5 rings (SSSR count). The fraction of sp³-hybridized carbons (Fsp3) is 0.400. The number of Topliss-reactive ketones (excluding diaryl/α,β-unsaturated/α-hetero) is 1. The van der Waals surface area contributed by atoms with Crippen molar-refractivity contribution in [2.75, 3.05) is 13.6 Å². The molecular weight excluding hydrogens is 376 g/mol. The summed E-state index contributed by atoms with van der Waals surface area (Å²) in [6, 6.07) is 6.73. The van der Waals surface area contributed by atoms with Gasteiger partial charge in [0.15, 0.2) is 5.78 Å². The molecule has 0 radical (unpaired) electrons.